The van der Waals surface area contributed by atoms with Gasteiger partial charge in [-0.3, -0.25) is 4.40 Å². The highest BCUT2D eigenvalue weighted by Gasteiger charge is 2.08. The molecule has 0 spiro atoms. The van der Waals surface area contributed by atoms with Crippen LogP contribution in [0, 0.1) is 0 Å². The largest absolute Gasteiger partial charge is 0.323 e. The van der Waals surface area contributed by atoms with E-state index in [0.29, 0.717) is 21.4 Å². The third-order valence-corrected chi connectivity index (χ3v) is 5.03. The van der Waals surface area contributed by atoms with Gasteiger partial charge in [0.1, 0.15) is 0 Å². The van der Waals surface area contributed by atoms with Crippen LogP contribution in [0.15, 0.2) is 60.2 Å². The van der Waals surface area contributed by atoms with Gasteiger partial charge in [0, 0.05) is 34.0 Å². The van der Waals surface area contributed by atoms with Crippen LogP contribution in [0.4, 0.5) is 16.2 Å². The first-order valence-electron chi connectivity index (χ1n) is 7.64. The number of aromatic nitrogens is 2. The number of fused-ring (bicyclic) bond motifs is 1. The number of thiazole rings is 1. The fourth-order valence-corrected chi connectivity index (χ4v) is 3.62. The summed E-state index contributed by atoms with van der Waals surface area (Å²) in [5.41, 5.74) is 3.02. The monoisotopic (exact) mass is 402 g/mol. The van der Waals surface area contributed by atoms with Crippen LogP contribution in [0.25, 0.3) is 16.2 Å². The lowest BCUT2D eigenvalue weighted by atomic mass is 10.1. The molecule has 0 unspecified atom stereocenters. The van der Waals surface area contributed by atoms with Crippen molar-refractivity contribution in [2.75, 3.05) is 10.6 Å². The molecule has 0 aliphatic rings. The lowest BCUT2D eigenvalue weighted by Gasteiger charge is -2.09. The molecule has 2 aromatic carbocycles. The van der Waals surface area contributed by atoms with E-state index in [1.165, 1.54) is 0 Å². The van der Waals surface area contributed by atoms with Gasteiger partial charge in [-0.1, -0.05) is 35.3 Å². The summed E-state index contributed by atoms with van der Waals surface area (Å²) in [7, 11) is 0. The predicted molar refractivity (Wildman–Crippen MR) is 108 cm³/mol. The van der Waals surface area contributed by atoms with E-state index in [9.17, 15) is 4.79 Å². The minimum atomic E-state index is -0.385. The molecule has 0 saturated carbocycles. The van der Waals surface area contributed by atoms with E-state index in [1.807, 2.05) is 46.4 Å². The maximum atomic E-state index is 12.1. The summed E-state index contributed by atoms with van der Waals surface area (Å²) in [4.78, 5) is 17.6. The summed E-state index contributed by atoms with van der Waals surface area (Å²) < 4.78 is 1.98. The average molecular weight is 403 g/mol. The molecule has 26 heavy (non-hydrogen) atoms. The van der Waals surface area contributed by atoms with E-state index in [-0.39, 0.29) is 6.03 Å². The number of imidazole rings is 1. The minimum absolute atomic E-state index is 0.378. The number of hydrogen-bond acceptors (Lipinski definition) is 3. The van der Waals surface area contributed by atoms with Gasteiger partial charge in [0.15, 0.2) is 4.96 Å². The molecule has 0 atom stereocenters. The SMILES string of the molecule is O=C(Nc1ccc(-c2cn3ccsc3n2)cc1)Nc1ccc(Cl)cc1Cl. The number of amides is 2. The fourth-order valence-electron chi connectivity index (χ4n) is 2.47. The van der Waals surface area contributed by atoms with E-state index in [1.54, 1.807) is 29.5 Å². The number of hydrogen-bond donors (Lipinski definition) is 2. The first-order chi connectivity index (χ1) is 12.6. The van der Waals surface area contributed by atoms with Crippen molar-refractivity contribution in [3.8, 4) is 11.3 Å². The zero-order valence-electron chi connectivity index (χ0n) is 13.2. The van der Waals surface area contributed by atoms with Crippen molar-refractivity contribution in [2.24, 2.45) is 0 Å². The molecule has 2 aromatic heterocycles. The van der Waals surface area contributed by atoms with Gasteiger partial charge in [0.25, 0.3) is 0 Å². The number of rotatable bonds is 3. The zero-order chi connectivity index (χ0) is 18.1. The highest BCUT2D eigenvalue weighted by molar-refractivity contribution is 7.15. The summed E-state index contributed by atoms with van der Waals surface area (Å²) in [6.07, 6.45) is 3.95. The molecule has 5 nitrogen and oxygen atoms in total. The molecule has 2 heterocycles. The van der Waals surface area contributed by atoms with E-state index in [2.05, 4.69) is 15.6 Å². The van der Waals surface area contributed by atoms with Crippen LogP contribution in [-0.2, 0) is 0 Å². The molecule has 130 valence electrons. The maximum Gasteiger partial charge on any atom is 0.323 e. The number of benzene rings is 2. The van der Waals surface area contributed by atoms with Crippen molar-refractivity contribution in [1.82, 2.24) is 9.38 Å². The van der Waals surface area contributed by atoms with Crippen molar-refractivity contribution in [3.63, 3.8) is 0 Å². The van der Waals surface area contributed by atoms with Crippen molar-refractivity contribution in [3.05, 3.63) is 70.3 Å². The summed E-state index contributed by atoms with van der Waals surface area (Å²) in [6, 6.07) is 12.0. The number of nitrogens with zero attached hydrogens (tertiary/aromatic N) is 2. The van der Waals surface area contributed by atoms with E-state index < -0.39 is 0 Å². The van der Waals surface area contributed by atoms with E-state index >= 15 is 0 Å². The van der Waals surface area contributed by atoms with Gasteiger partial charge in [0.05, 0.1) is 16.4 Å². The van der Waals surface area contributed by atoms with Gasteiger partial charge in [-0.2, -0.15) is 0 Å². The smallest absolute Gasteiger partial charge is 0.308 e. The van der Waals surface area contributed by atoms with Gasteiger partial charge < -0.3 is 10.6 Å². The van der Waals surface area contributed by atoms with Gasteiger partial charge in [0.2, 0.25) is 0 Å². The topological polar surface area (TPSA) is 58.4 Å². The van der Waals surface area contributed by atoms with Crippen LogP contribution >= 0.6 is 34.5 Å². The molecule has 0 fully saturated rings. The van der Waals surface area contributed by atoms with Crippen LogP contribution < -0.4 is 10.6 Å². The predicted octanol–water partition coefficient (Wildman–Crippen LogP) is 6.01. The zero-order valence-corrected chi connectivity index (χ0v) is 15.6. The molecule has 8 heteroatoms. The molecule has 0 aliphatic carbocycles. The molecule has 0 aliphatic heterocycles. The molecule has 0 radical (unpaired) electrons. The standard InChI is InChI=1S/C18H12Cl2N4OS/c19-12-3-6-15(14(20)9-12)22-17(25)21-13-4-1-11(2-5-13)16-10-24-7-8-26-18(24)23-16/h1-10H,(H2,21,22,25). The number of nitrogens with one attached hydrogen (secondary N) is 2. The third kappa shape index (κ3) is 3.53. The lowest BCUT2D eigenvalue weighted by Crippen LogP contribution is -2.19. The Balaban J connectivity index is 1.45. The minimum Gasteiger partial charge on any atom is -0.308 e. The normalized spacial score (nSPS) is 10.8. The van der Waals surface area contributed by atoms with Crippen LogP contribution in [0.5, 0.6) is 0 Å². The molecule has 4 rings (SSSR count). The molecule has 2 N–H and O–H groups in total. The van der Waals surface area contributed by atoms with Crippen molar-refractivity contribution >= 4 is 56.9 Å². The average Bonchev–Trinajstić information content (AvgIpc) is 3.20. The Bertz CT molecular complexity index is 1060. The van der Waals surface area contributed by atoms with Gasteiger partial charge >= 0.3 is 6.03 Å². The summed E-state index contributed by atoms with van der Waals surface area (Å²) in [6.45, 7) is 0. The number of carbonyl (C=O) groups is 1. The van der Waals surface area contributed by atoms with Crippen molar-refractivity contribution in [2.45, 2.75) is 0 Å². The summed E-state index contributed by atoms with van der Waals surface area (Å²) in [5, 5.41) is 8.34. The molecular formula is C18H12Cl2N4OS. The molecular weight excluding hydrogens is 391 g/mol. The number of carbonyl (C=O) groups excluding carboxylic acids is 1. The highest BCUT2D eigenvalue weighted by atomic mass is 35.5. The van der Waals surface area contributed by atoms with Crippen molar-refractivity contribution in [1.29, 1.82) is 0 Å². The number of urea groups is 1. The fraction of sp³-hybridized carbons (Fsp3) is 0. The first kappa shape index (κ1) is 16.9. The molecule has 2 amide bonds. The number of anilines is 2. The highest BCUT2D eigenvalue weighted by Crippen LogP contribution is 2.26. The number of halogens is 2. The Morgan fingerprint density at radius 3 is 2.62 bits per heavy atom. The first-order valence-corrected chi connectivity index (χ1v) is 9.28. The van der Waals surface area contributed by atoms with E-state index in [0.717, 1.165) is 16.2 Å². The Morgan fingerprint density at radius 2 is 1.88 bits per heavy atom. The summed E-state index contributed by atoms with van der Waals surface area (Å²) in [5.74, 6) is 0. The third-order valence-electron chi connectivity index (χ3n) is 3.71. The van der Waals surface area contributed by atoms with Gasteiger partial charge in [-0.15, -0.1) is 11.3 Å². The van der Waals surface area contributed by atoms with Crippen molar-refractivity contribution < 1.29 is 4.79 Å². The maximum absolute atomic E-state index is 12.1. The van der Waals surface area contributed by atoms with E-state index in [4.69, 9.17) is 23.2 Å². The van der Waals surface area contributed by atoms with Crippen LogP contribution in [0.3, 0.4) is 0 Å². The second-order valence-electron chi connectivity index (χ2n) is 5.50. The Hall–Kier alpha value is -2.54. The molecule has 0 bridgehead atoms. The Labute approximate surface area is 163 Å². The Morgan fingerprint density at radius 1 is 1.08 bits per heavy atom. The van der Waals surface area contributed by atoms with Crippen LogP contribution in [-0.4, -0.2) is 15.4 Å². The molecule has 0 saturated heterocycles. The van der Waals surface area contributed by atoms with Crippen LogP contribution in [0.1, 0.15) is 0 Å². The second kappa shape index (κ2) is 6.99. The molecule has 4 aromatic rings. The van der Waals surface area contributed by atoms with Crippen LogP contribution in [0.2, 0.25) is 10.0 Å². The quantitative estimate of drug-likeness (QED) is 0.440. The summed E-state index contributed by atoms with van der Waals surface area (Å²) >= 11 is 13.5. The lowest BCUT2D eigenvalue weighted by molar-refractivity contribution is 0.262. The second-order valence-corrected chi connectivity index (χ2v) is 7.22. The van der Waals surface area contributed by atoms with Gasteiger partial charge in [-0.05, 0) is 30.3 Å². The Kier molecular flexibility index (Phi) is 4.55. The van der Waals surface area contributed by atoms with Gasteiger partial charge in [-0.25, -0.2) is 9.78 Å².